The van der Waals surface area contributed by atoms with Gasteiger partial charge in [0, 0.05) is 51.0 Å². The Morgan fingerprint density at radius 2 is 1.92 bits per heavy atom. The van der Waals surface area contributed by atoms with Gasteiger partial charge < -0.3 is 14.0 Å². The Kier molecular flexibility index (Phi) is 6.61. The van der Waals surface area contributed by atoms with E-state index in [1.54, 1.807) is 13.2 Å². The molecule has 0 N–H and O–H groups in total. The molecule has 0 aliphatic carbocycles. The first kappa shape index (κ1) is 18.8. The summed E-state index contributed by atoms with van der Waals surface area (Å²) in [4.78, 5) is 15.1. The fraction of sp³-hybridized carbons (Fsp3) is 0.476. The maximum Gasteiger partial charge on any atom is 0.251 e. The van der Waals surface area contributed by atoms with Crippen molar-refractivity contribution in [1.82, 2.24) is 9.47 Å². The van der Waals surface area contributed by atoms with Crippen LogP contribution in [-0.2, 0) is 29.2 Å². The van der Waals surface area contributed by atoms with Crippen molar-refractivity contribution in [3.8, 4) is 0 Å². The van der Waals surface area contributed by atoms with Crippen molar-refractivity contribution in [3.05, 3.63) is 69.6 Å². The number of rotatable bonds is 7. The molecule has 0 saturated heterocycles. The van der Waals surface area contributed by atoms with Gasteiger partial charge in [0.1, 0.15) is 6.79 Å². The summed E-state index contributed by atoms with van der Waals surface area (Å²) >= 11 is 0. The summed E-state index contributed by atoms with van der Waals surface area (Å²) in [5.74, 6) is 0.344. The van der Waals surface area contributed by atoms with Gasteiger partial charge in [0.25, 0.3) is 5.56 Å². The Morgan fingerprint density at radius 3 is 2.65 bits per heavy atom. The van der Waals surface area contributed by atoms with E-state index in [2.05, 4.69) is 42.2 Å². The molecule has 0 bridgehead atoms. The second-order valence-corrected chi connectivity index (χ2v) is 6.86. The van der Waals surface area contributed by atoms with Crippen LogP contribution in [0.15, 0.2) is 47.3 Å². The molecule has 0 saturated carbocycles. The van der Waals surface area contributed by atoms with Gasteiger partial charge in [-0.1, -0.05) is 37.3 Å². The Balaban J connectivity index is 1.80. The molecule has 5 nitrogen and oxygen atoms in total. The highest BCUT2D eigenvalue weighted by molar-refractivity contribution is 5.22. The topological polar surface area (TPSA) is 43.7 Å². The van der Waals surface area contributed by atoms with Crippen LogP contribution in [0.3, 0.4) is 0 Å². The van der Waals surface area contributed by atoms with Gasteiger partial charge in [0.2, 0.25) is 0 Å². The van der Waals surface area contributed by atoms with Gasteiger partial charge in [-0.2, -0.15) is 0 Å². The number of ether oxygens (including phenoxy) is 2. The van der Waals surface area contributed by atoms with Gasteiger partial charge in [-0.05, 0) is 23.6 Å². The third kappa shape index (κ3) is 4.61. The quantitative estimate of drug-likeness (QED) is 0.565. The number of benzene rings is 1. The smallest absolute Gasteiger partial charge is 0.251 e. The van der Waals surface area contributed by atoms with Gasteiger partial charge in [-0.25, -0.2) is 0 Å². The number of nitrogens with zero attached hydrogens (tertiary/aromatic N) is 2. The summed E-state index contributed by atoms with van der Waals surface area (Å²) in [6, 6.07) is 14.4. The van der Waals surface area contributed by atoms with Crippen LogP contribution >= 0.6 is 0 Å². The normalized spacial score (nSPS) is 17.7. The van der Waals surface area contributed by atoms with Crippen LogP contribution in [-0.4, -0.2) is 36.5 Å². The van der Waals surface area contributed by atoms with E-state index in [4.69, 9.17) is 9.47 Å². The molecule has 1 aromatic carbocycles. The lowest BCUT2D eigenvalue weighted by Crippen LogP contribution is -2.28. The Labute approximate surface area is 155 Å². The number of methoxy groups -OCH3 is 1. The van der Waals surface area contributed by atoms with Crippen LogP contribution in [0.1, 0.15) is 36.1 Å². The maximum atomic E-state index is 12.7. The molecule has 0 fully saturated rings. The summed E-state index contributed by atoms with van der Waals surface area (Å²) in [5.41, 5.74) is 3.44. The molecule has 2 heterocycles. The predicted octanol–water partition coefficient (Wildman–Crippen LogP) is 2.98. The van der Waals surface area contributed by atoms with E-state index in [0.717, 1.165) is 43.9 Å². The van der Waals surface area contributed by atoms with E-state index in [1.165, 1.54) is 5.56 Å². The van der Waals surface area contributed by atoms with Gasteiger partial charge in [-0.3, -0.25) is 9.69 Å². The van der Waals surface area contributed by atoms with Gasteiger partial charge in [-0.15, -0.1) is 0 Å². The zero-order valence-corrected chi connectivity index (χ0v) is 15.7. The van der Waals surface area contributed by atoms with E-state index in [9.17, 15) is 4.79 Å². The highest BCUT2D eigenvalue weighted by Gasteiger charge is 2.23. The SMILES string of the molecule is CCC1CN(Cc2ccccc2)CCn2c1cc(COCOC)cc2=O. The molecule has 1 atom stereocenters. The van der Waals surface area contributed by atoms with Gasteiger partial charge in [0.15, 0.2) is 0 Å². The highest BCUT2D eigenvalue weighted by Crippen LogP contribution is 2.24. The lowest BCUT2D eigenvalue weighted by atomic mass is 9.99. The summed E-state index contributed by atoms with van der Waals surface area (Å²) in [6.07, 6.45) is 1.01. The van der Waals surface area contributed by atoms with Crippen molar-refractivity contribution in [1.29, 1.82) is 0 Å². The number of hydrogen-bond donors (Lipinski definition) is 0. The number of aromatic nitrogens is 1. The van der Waals surface area contributed by atoms with Crippen molar-refractivity contribution in [2.45, 2.75) is 39.0 Å². The maximum absolute atomic E-state index is 12.7. The van der Waals surface area contributed by atoms with Crippen molar-refractivity contribution < 1.29 is 9.47 Å². The van der Waals surface area contributed by atoms with Crippen LogP contribution in [0.4, 0.5) is 0 Å². The Morgan fingerprint density at radius 1 is 1.12 bits per heavy atom. The first-order valence-corrected chi connectivity index (χ1v) is 9.28. The van der Waals surface area contributed by atoms with Gasteiger partial charge in [0.05, 0.1) is 6.61 Å². The molecule has 0 radical (unpaired) electrons. The van der Waals surface area contributed by atoms with Crippen LogP contribution in [0.2, 0.25) is 0 Å². The predicted molar refractivity (Wildman–Crippen MR) is 102 cm³/mol. The minimum absolute atomic E-state index is 0.0681. The molecule has 1 aromatic heterocycles. The van der Waals surface area contributed by atoms with Crippen molar-refractivity contribution in [3.63, 3.8) is 0 Å². The van der Waals surface area contributed by atoms with Crippen LogP contribution in [0.5, 0.6) is 0 Å². The largest absolute Gasteiger partial charge is 0.359 e. The number of hydrogen-bond acceptors (Lipinski definition) is 4. The first-order chi connectivity index (χ1) is 12.7. The molecule has 26 heavy (non-hydrogen) atoms. The van der Waals surface area contributed by atoms with Crippen LogP contribution in [0.25, 0.3) is 0 Å². The van der Waals surface area contributed by atoms with Crippen molar-refractivity contribution in [2.75, 3.05) is 27.0 Å². The summed E-state index contributed by atoms with van der Waals surface area (Å²) in [5, 5.41) is 0. The third-order valence-corrected chi connectivity index (χ3v) is 4.97. The van der Waals surface area contributed by atoms with E-state index in [1.807, 2.05) is 10.6 Å². The molecule has 1 aliphatic heterocycles. The van der Waals surface area contributed by atoms with E-state index in [-0.39, 0.29) is 12.4 Å². The molecule has 1 aliphatic rings. The molecular formula is C21H28N2O3. The molecule has 140 valence electrons. The molecule has 0 amide bonds. The second kappa shape index (κ2) is 9.12. The Hall–Kier alpha value is -1.95. The molecular weight excluding hydrogens is 328 g/mol. The van der Waals surface area contributed by atoms with Gasteiger partial charge >= 0.3 is 0 Å². The fourth-order valence-corrected chi connectivity index (χ4v) is 3.64. The zero-order chi connectivity index (χ0) is 18.4. The number of fused-ring (bicyclic) bond motifs is 1. The third-order valence-electron chi connectivity index (χ3n) is 4.97. The average molecular weight is 356 g/mol. The average Bonchev–Trinajstić information content (AvgIpc) is 2.82. The number of pyridine rings is 1. The highest BCUT2D eigenvalue weighted by atomic mass is 16.7. The molecule has 3 rings (SSSR count). The minimum atomic E-state index is 0.0681. The fourth-order valence-electron chi connectivity index (χ4n) is 3.64. The van der Waals surface area contributed by atoms with Crippen LogP contribution < -0.4 is 5.56 Å². The molecule has 2 aromatic rings. The van der Waals surface area contributed by atoms with E-state index in [0.29, 0.717) is 12.5 Å². The lowest BCUT2D eigenvalue weighted by Gasteiger charge is -2.23. The monoisotopic (exact) mass is 356 g/mol. The summed E-state index contributed by atoms with van der Waals surface area (Å²) in [7, 11) is 1.60. The first-order valence-electron chi connectivity index (χ1n) is 9.28. The molecule has 5 heteroatoms. The summed E-state index contributed by atoms with van der Waals surface area (Å²) < 4.78 is 12.3. The summed E-state index contributed by atoms with van der Waals surface area (Å²) in [6.45, 7) is 6.34. The van der Waals surface area contributed by atoms with E-state index >= 15 is 0 Å². The van der Waals surface area contributed by atoms with Crippen molar-refractivity contribution >= 4 is 0 Å². The second-order valence-electron chi connectivity index (χ2n) is 6.86. The molecule has 1 unspecified atom stereocenters. The van der Waals surface area contributed by atoms with Crippen molar-refractivity contribution in [2.24, 2.45) is 0 Å². The Bertz CT molecular complexity index is 758. The van der Waals surface area contributed by atoms with E-state index < -0.39 is 0 Å². The minimum Gasteiger partial charge on any atom is -0.359 e. The lowest BCUT2D eigenvalue weighted by molar-refractivity contribution is -0.0391. The van der Waals surface area contributed by atoms with Crippen LogP contribution in [0, 0.1) is 0 Å². The molecule has 0 spiro atoms. The zero-order valence-electron chi connectivity index (χ0n) is 15.7. The standard InChI is InChI=1S/C21H28N2O3/c1-3-19-14-22(13-17-7-5-4-6-8-17)9-10-23-20(19)11-18(12-21(23)24)15-26-16-25-2/h4-8,11-12,19H,3,9-10,13-16H2,1-2H3.